The number of rotatable bonds is 5. The Bertz CT molecular complexity index is 790. The van der Waals surface area contributed by atoms with Crippen LogP contribution in [0.25, 0.3) is 0 Å². The Kier molecular flexibility index (Phi) is 6.47. The van der Waals surface area contributed by atoms with Crippen LogP contribution in [0.2, 0.25) is 0 Å². The van der Waals surface area contributed by atoms with E-state index in [1.807, 2.05) is 0 Å². The molecule has 2 aromatic rings. The molecule has 0 radical (unpaired) electrons. The molecule has 1 saturated heterocycles. The number of halogens is 1. The molecule has 0 unspecified atom stereocenters. The third kappa shape index (κ3) is 4.95. The number of hydrogen-bond donors (Lipinski definition) is 1. The van der Waals surface area contributed by atoms with Crippen LogP contribution in [-0.2, 0) is 22.3 Å². The van der Waals surface area contributed by atoms with E-state index in [1.54, 1.807) is 0 Å². The van der Waals surface area contributed by atoms with Gasteiger partial charge in [-0.1, -0.05) is 75.4 Å². The highest BCUT2D eigenvalue weighted by Crippen LogP contribution is 2.35. The maximum atomic E-state index is 12.3. The molecule has 4 heteroatoms. The summed E-state index contributed by atoms with van der Waals surface area (Å²) >= 11 is 5.84. The summed E-state index contributed by atoms with van der Waals surface area (Å²) in [6.07, 6.45) is 1.77. The zero-order chi connectivity index (χ0) is 20.2. The lowest BCUT2D eigenvalue weighted by molar-refractivity contribution is -0.121. The van der Waals surface area contributed by atoms with E-state index in [9.17, 15) is 4.79 Å². The summed E-state index contributed by atoms with van der Waals surface area (Å²) in [5.74, 6) is -0.103. The van der Waals surface area contributed by atoms with E-state index < -0.39 is 0 Å². The highest BCUT2D eigenvalue weighted by molar-refractivity contribution is 6.27. The first-order chi connectivity index (χ1) is 13.3. The van der Waals surface area contributed by atoms with Crippen molar-refractivity contribution in [1.29, 1.82) is 0 Å². The fourth-order valence-corrected chi connectivity index (χ4v) is 4.07. The molecule has 0 spiro atoms. The van der Waals surface area contributed by atoms with E-state index in [1.165, 1.54) is 16.7 Å². The van der Waals surface area contributed by atoms with Crippen molar-refractivity contribution in [1.82, 2.24) is 10.2 Å². The van der Waals surface area contributed by atoms with Crippen LogP contribution in [0, 0.1) is 0 Å². The van der Waals surface area contributed by atoms with Crippen LogP contribution in [0.15, 0.2) is 54.6 Å². The largest absolute Gasteiger partial charge is 0.345 e. The van der Waals surface area contributed by atoms with Gasteiger partial charge in [0, 0.05) is 19.6 Å². The van der Waals surface area contributed by atoms with E-state index in [2.05, 4.69) is 85.6 Å². The number of benzene rings is 2. The highest BCUT2D eigenvalue weighted by atomic mass is 35.5. The lowest BCUT2D eigenvalue weighted by Gasteiger charge is -2.43. The van der Waals surface area contributed by atoms with E-state index in [0.29, 0.717) is 0 Å². The van der Waals surface area contributed by atoms with Crippen molar-refractivity contribution < 1.29 is 4.79 Å². The third-order valence-electron chi connectivity index (χ3n) is 5.74. The predicted molar refractivity (Wildman–Crippen MR) is 117 cm³/mol. The molecule has 2 aromatic carbocycles. The summed E-state index contributed by atoms with van der Waals surface area (Å²) in [4.78, 5) is 14.7. The van der Waals surface area contributed by atoms with E-state index in [-0.39, 0.29) is 22.7 Å². The lowest BCUT2D eigenvalue weighted by Crippen LogP contribution is -2.53. The predicted octanol–water partition coefficient (Wildman–Crippen LogP) is 4.83. The molecule has 3 rings (SSSR count). The Morgan fingerprint density at radius 2 is 1.75 bits per heavy atom. The molecule has 0 aliphatic carbocycles. The second-order valence-corrected chi connectivity index (χ2v) is 9.12. The minimum absolute atomic E-state index is 0.00551. The number of hydrogen-bond acceptors (Lipinski definition) is 2. The fourth-order valence-electron chi connectivity index (χ4n) is 4.00. The van der Waals surface area contributed by atoms with Gasteiger partial charge < -0.3 is 5.32 Å². The summed E-state index contributed by atoms with van der Waals surface area (Å²) in [5, 5.41) is 3.26. The number of nitrogens with zero attached hydrogens (tertiary/aromatic N) is 1. The molecule has 0 atom stereocenters. The minimum atomic E-state index is -0.347. The van der Waals surface area contributed by atoms with Gasteiger partial charge >= 0.3 is 0 Å². The molecule has 1 aliphatic heterocycles. The van der Waals surface area contributed by atoms with Crippen molar-refractivity contribution in [2.75, 3.05) is 19.0 Å². The van der Waals surface area contributed by atoms with Crippen LogP contribution in [0.1, 0.15) is 50.3 Å². The first kappa shape index (κ1) is 20.9. The summed E-state index contributed by atoms with van der Waals surface area (Å²) in [6.45, 7) is 9.49. The first-order valence-corrected chi connectivity index (χ1v) is 10.6. The molecule has 1 aliphatic rings. The molecule has 0 saturated carbocycles. The molecule has 1 heterocycles. The van der Waals surface area contributed by atoms with Crippen LogP contribution >= 0.6 is 11.6 Å². The van der Waals surface area contributed by atoms with Gasteiger partial charge in [-0.15, -0.1) is 11.6 Å². The summed E-state index contributed by atoms with van der Waals surface area (Å²) in [5.41, 5.74) is 3.53. The number of alkyl halides is 1. The smallest absolute Gasteiger partial charge is 0.235 e. The molecular formula is C24H31ClN2O. The van der Waals surface area contributed by atoms with E-state index in [0.717, 1.165) is 32.5 Å². The third-order valence-corrected chi connectivity index (χ3v) is 5.98. The van der Waals surface area contributed by atoms with Crippen molar-refractivity contribution in [2.45, 2.75) is 51.1 Å². The van der Waals surface area contributed by atoms with Crippen LogP contribution in [0.3, 0.4) is 0 Å². The maximum absolute atomic E-state index is 12.3. The Hall–Kier alpha value is -1.84. The zero-order valence-corrected chi connectivity index (χ0v) is 17.9. The second-order valence-electron chi connectivity index (χ2n) is 8.86. The van der Waals surface area contributed by atoms with Gasteiger partial charge in [-0.3, -0.25) is 9.69 Å². The van der Waals surface area contributed by atoms with Gasteiger partial charge in [0.25, 0.3) is 0 Å². The quantitative estimate of drug-likeness (QED) is 0.731. The average molecular weight is 399 g/mol. The summed E-state index contributed by atoms with van der Waals surface area (Å²) in [6, 6.07) is 19.3. The number of amides is 1. The Balaban J connectivity index is 1.82. The second kappa shape index (κ2) is 8.67. The standard InChI is InChI=1S/C24H31ClN2O/c1-23(2,3)20-10-7-11-21(16-20)24(26-22(28)17-25)12-14-27(15-13-24)18-19-8-5-4-6-9-19/h4-11,16H,12-15,17-18H2,1-3H3,(H,26,28). The number of likely N-dealkylation sites (tertiary alicyclic amines) is 1. The van der Waals surface area contributed by atoms with Crippen LogP contribution in [0.5, 0.6) is 0 Å². The molecule has 1 amide bonds. The highest BCUT2D eigenvalue weighted by Gasteiger charge is 2.38. The van der Waals surface area contributed by atoms with Crippen molar-refractivity contribution in [3.8, 4) is 0 Å². The van der Waals surface area contributed by atoms with Gasteiger partial charge in [-0.05, 0) is 34.9 Å². The molecule has 1 fully saturated rings. The molecule has 150 valence electrons. The Labute approximate surface area is 174 Å². The van der Waals surface area contributed by atoms with Crippen molar-refractivity contribution in [3.05, 3.63) is 71.3 Å². The fraction of sp³-hybridized carbons (Fsp3) is 0.458. The zero-order valence-electron chi connectivity index (χ0n) is 17.2. The molecule has 28 heavy (non-hydrogen) atoms. The Morgan fingerprint density at radius 1 is 1.07 bits per heavy atom. The van der Waals surface area contributed by atoms with Gasteiger partial charge in [-0.2, -0.15) is 0 Å². The van der Waals surface area contributed by atoms with Gasteiger partial charge in [-0.25, -0.2) is 0 Å². The maximum Gasteiger partial charge on any atom is 0.235 e. The van der Waals surface area contributed by atoms with E-state index in [4.69, 9.17) is 11.6 Å². The van der Waals surface area contributed by atoms with Crippen LogP contribution < -0.4 is 5.32 Å². The summed E-state index contributed by atoms with van der Waals surface area (Å²) in [7, 11) is 0. The van der Waals surface area contributed by atoms with Crippen molar-refractivity contribution >= 4 is 17.5 Å². The van der Waals surface area contributed by atoms with Gasteiger partial charge in [0.1, 0.15) is 5.88 Å². The van der Waals surface area contributed by atoms with E-state index >= 15 is 0 Å². The topological polar surface area (TPSA) is 32.3 Å². The molecule has 1 N–H and O–H groups in total. The Morgan fingerprint density at radius 3 is 2.36 bits per heavy atom. The molecule has 0 aromatic heterocycles. The molecular weight excluding hydrogens is 368 g/mol. The van der Waals surface area contributed by atoms with Crippen LogP contribution in [-0.4, -0.2) is 29.8 Å². The van der Waals surface area contributed by atoms with Crippen molar-refractivity contribution in [3.63, 3.8) is 0 Å². The lowest BCUT2D eigenvalue weighted by atomic mass is 9.77. The normalized spacial score (nSPS) is 17.3. The first-order valence-electron chi connectivity index (χ1n) is 10.1. The SMILES string of the molecule is CC(C)(C)c1cccc(C2(NC(=O)CCl)CCN(Cc3ccccc3)CC2)c1. The number of carbonyl (C=O) groups excluding carboxylic acids is 1. The number of piperidine rings is 1. The molecule has 0 bridgehead atoms. The average Bonchev–Trinajstić information content (AvgIpc) is 2.70. The molecule has 3 nitrogen and oxygen atoms in total. The van der Waals surface area contributed by atoms with Crippen LogP contribution in [0.4, 0.5) is 0 Å². The summed E-state index contributed by atoms with van der Waals surface area (Å²) < 4.78 is 0. The number of carbonyl (C=O) groups is 1. The monoisotopic (exact) mass is 398 g/mol. The minimum Gasteiger partial charge on any atom is -0.345 e. The number of nitrogens with one attached hydrogen (secondary N) is 1. The van der Waals surface area contributed by atoms with Gasteiger partial charge in [0.15, 0.2) is 0 Å². The van der Waals surface area contributed by atoms with Crippen molar-refractivity contribution in [2.24, 2.45) is 0 Å². The van der Waals surface area contributed by atoms with Gasteiger partial charge in [0.05, 0.1) is 5.54 Å². The van der Waals surface area contributed by atoms with Gasteiger partial charge in [0.2, 0.25) is 5.91 Å².